The number of carbonyl (C=O) groups is 1. The highest BCUT2D eigenvalue weighted by molar-refractivity contribution is 5.67. The van der Waals surface area contributed by atoms with E-state index < -0.39 is 0 Å². The van der Waals surface area contributed by atoms with Crippen molar-refractivity contribution in [3.8, 4) is 0 Å². The minimum atomic E-state index is -0.291. The van der Waals surface area contributed by atoms with Crippen LogP contribution in [0.15, 0.2) is 30.3 Å². The molecule has 5 heteroatoms. The molecule has 1 aliphatic heterocycles. The van der Waals surface area contributed by atoms with Crippen LogP contribution in [0.5, 0.6) is 0 Å². The van der Waals surface area contributed by atoms with Gasteiger partial charge in [-0.15, -0.1) is 0 Å². The summed E-state index contributed by atoms with van der Waals surface area (Å²) in [5, 5.41) is 2.93. The molecule has 1 N–H and O–H groups in total. The van der Waals surface area contributed by atoms with E-state index in [4.69, 9.17) is 9.47 Å². The van der Waals surface area contributed by atoms with Crippen molar-refractivity contribution in [2.45, 2.75) is 44.8 Å². The Bertz CT molecular complexity index is 455. The molecule has 2 fully saturated rings. The van der Waals surface area contributed by atoms with Crippen LogP contribution < -0.4 is 5.32 Å². The predicted octanol–water partition coefficient (Wildman–Crippen LogP) is 3.19. The number of morpholine rings is 1. The highest BCUT2D eigenvalue weighted by Crippen LogP contribution is 2.17. The van der Waals surface area contributed by atoms with E-state index in [9.17, 15) is 4.79 Å². The molecule has 0 atom stereocenters. The molecule has 0 spiro atoms. The summed E-state index contributed by atoms with van der Waals surface area (Å²) in [4.78, 5) is 13.8. The number of nitrogens with one attached hydrogen (secondary N) is 1. The van der Waals surface area contributed by atoms with Crippen molar-refractivity contribution in [3.05, 3.63) is 35.9 Å². The highest BCUT2D eigenvalue weighted by Gasteiger charge is 2.16. The fourth-order valence-corrected chi connectivity index (χ4v) is 2.83. The van der Waals surface area contributed by atoms with Gasteiger partial charge >= 0.3 is 6.09 Å². The van der Waals surface area contributed by atoms with Crippen LogP contribution in [0.3, 0.4) is 0 Å². The van der Waals surface area contributed by atoms with Crippen LogP contribution in [-0.4, -0.2) is 50.4 Å². The maximum absolute atomic E-state index is 11.6. The fourth-order valence-electron chi connectivity index (χ4n) is 2.83. The first-order valence-corrected chi connectivity index (χ1v) is 8.97. The third-order valence-corrected chi connectivity index (χ3v) is 4.37. The lowest BCUT2D eigenvalue weighted by atomic mass is 9.96. The lowest BCUT2D eigenvalue weighted by molar-refractivity contribution is 0.0503. The summed E-state index contributed by atoms with van der Waals surface area (Å²) in [5.74, 6) is 0. The number of nitrogens with zero attached hydrogens (tertiary/aromatic N) is 1. The number of benzene rings is 1. The highest BCUT2D eigenvalue weighted by atomic mass is 16.5. The Hall–Kier alpha value is -1.59. The van der Waals surface area contributed by atoms with E-state index >= 15 is 0 Å². The minimum absolute atomic E-state index is 0.291. The van der Waals surface area contributed by atoms with Crippen molar-refractivity contribution in [1.82, 2.24) is 10.2 Å². The number of hydrogen-bond donors (Lipinski definition) is 1. The van der Waals surface area contributed by atoms with Crippen LogP contribution >= 0.6 is 0 Å². The van der Waals surface area contributed by atoms with Crippen LogP contribution in [0.4, 0.5) is 4.79 Å². The molecule has 2 aliphatic rings. The zero-order chi connectivity index (χ0) is 17.0. The molecule has 0 bridgehead atoms. The summed E-state index contributed by atoms with van der Waals surface area (Å²) >= 11 is 0. The molecule has 1 amide bonds. The van der Waals surface area contributed by atoms with Gasteiger partial charge in [0.2, 0.25) is 0 Å². The standard InChI is InChI=1S/C14H19NO2.C5H11NO/c16-14(15-13-9-5-2-6-10-13)17-11-12-7-3-1-4-8-12;1-6-2-4-7-5-3-6/h1,3-4,7-8,13H,2,5-6,9-11H2,(H,15,16);2-5H2,1H3. The zero-order valence-corrected chi connectivity index (χ0v) is 14.7. The monoisotopic (exact) mass is 334 g/mol. The van der Waals surface area contributed by atoms with Crippen LogP contribution in [0.2, 0.25) is 0 Å². The third kappa shape index (κ3) is 7.79. The largest absolute Gasteiger partial charge is 0.445 e. The van der Waals surface area contributed by atoms with Crippen molar-refractivity contribution < 1.29 is 14.3 Å². The van der Waals surface area contributed by atoms with Gasteiger partial charge in [0.1, 0.15) is 6.61 Å². The normalized spacial score (nSPS) is 19.0. The molecular formula is C19H30N2O3. The van der Waals surface area contributed by atoms with Crippen molar-refractivity contribution in [2.75, 3.05) is 33.4 Å². The van der Waals surface area contributed by atoms with Gasteiger partial charge in [0.05, 0.1) is 13.2 Å². The van der Waals surface area contributed by atoms with E-state index in [-0.39, 0.29) is 6.09 Å². The number of hydrogen-bond acceptors (Lipinski definition) is 4. The van der Waals surface area contributed by atoms with Crippen molar-refractivity contribution in [3.63, 3.8) is 0 Å². The van der Waals surface area contributed by atoms with Crippen LogP contribution in [0.1, 0.15) is 37.7 Å². The Balaban J connectivity index is 0.000000249. The van der Waals surface area contributed by atoms with E-state index in [0.717, 1.165) is 44.7 Å². The molecular weight excluding hydrogens is 304 g/mol. The number of alkyl carbamates (subject to hydrolysis) is 1. The number of carbonyl (C=O) groups excluding carboxylic acids is 1. The van der Waals surface area contributed by atoms with Crippen molar-refractivity contribution in [1.29, 1.82) is 0 Å². The van der Waals surface area contributed by atoms with Gasteiger partial charge in [-0.25, -0.2) is 4.79 Å². The summed E-state index contributed by atoms with van der Waals surface area (Å²) in [7, 11) is 2.11. The van der Waals surface area contributed by atoms with Crippen molar-refractivity contribution >= 4 is 6.09 Å². The summed E-state index contributed by atoms with van der Waals surface area (Å²) in [6.45, 7) is 4.37. The average molecular weight is 334 g/mol. The van der Waals surface area contributed by atoms with E-state index in [0.29, 0.717) is 12.6 Å². The number of likely N-dealkylation sites (N-methyl/N-ethyl adjacent to an activating group) is 1. The van der Waals surface area contributed by atoms with Crippen LogP contribution in [-0.2, 0) is 16.1 Å². The first kappa shape index (κ1) is 18.7. The molecule has 0 aromatic heterocycles. The molecule has 24 heavy (non-hydrogen) atoms. The average Bonchev–Trinajstić information content (AvgIpc) is 2.63. The second-order valence-electron chi connectivity index (χ2n) is 6.46. The molecule has 1 aromatic rings. The first-order chi connectivity index (χ1) is 11.7. The number of rotatable bonds is 3. The molecule has 1 aliphatic carbocycles. The summed E-state index contributed by atoms with van der Waals surface area (Å²) in [6.07, 6.45) is 5.59. The molecule has 3 rings (SSSR count). The summed E-state index contributed by atoms with van der Waals surface area (Å²) < 4.78 is 10.3. The smallest absolute Gasteiger partial charge is 0.407 e. The molecule has 5 nitrogen and oxygen atoms in total. The molecule has 1 saturated carbocycles. The van der Waals surface area contributed by atoms with E-state index in [1.54, 1.807) is 0 Å². The SMILES string of the molecule is CN1CCOCC1.O=C(NC1CCCCC1)OCc1ccccc1. The van der Waals surface area contributed by atoms with Crippen LogP contribution in [0.25, 0.3) is 0 Å². The maximum atomic E-state index is 11.6. The summed E-state index contributed by atoms with van der Waals surface area (Å²) in [6, 6.07) is 10.1. The molecule has 1 heterocycles. The van der Waals surface area contributed by atoms with Gasteiger partial charge in [0, 0.05) is 19.1 Å². The Labute approximate surface area is 145 Å². The number of ether oxygens (including phenoxy) is 2. The Morgan fingerprint density at radius 3 is 2.42 bits per heavy atom. The fraction of sp³-hybridized carbons (Fsp3) is 0.632. The second kappa shape index (κ2) is 11.0. The molecule has 1 saturated heterocycles. The second-order valence-corrected chi connectivity index (χ2v) is 6.46. The quantitative estimate of drug-likeness (QED) is 0.922. The lowest BCUT2D eigenvalue weighted by Gasteiger charge is -2.22. The van der Waals surface area contributed by atoms with Gasteiger partial charge in [-0.2, -0.15) is 0 Å². The number of amides is 1. The predicted molar refractivity (Wildman–Crippen MR) is 95.0 cm³/mol. The van der Waals surface area contributed by atoms with Crippen molar-refractivity contribution in [2.24, 2.45) is 0 Å². The van der Waals surface area contributed by atoms with Gasteiger partial charge in [0.25, 0.3) is 0 Å². The lowest BCUT2D eigenvalue weighted by Crippen LogP contribution is -2.36. The van der Waals surface area contributed by atoms with Gasteiger partial charge in [-0.05, 0) is 25.5 Å². The molecule has 0 radical (unpaired) electrons. The third-order valence-electron chi connectivity index (χ3n) is 4.37. The van der Waals surface area contributed by atoms with Crippen LogP contribution in [0, 0.1) is 0 Å². The topological polar surface area (TPSA) is 50.8 Å². The Morgan fingerprint density at radius 2 is 1.83 bits per heavy atom. The van der Waals surface area contributed by atoms with E-state index in [2.05, 4.69) is 17.3 Å². The molecule has 1 aromatic carbocycles. The van der Waals surface area contributed by atoms with Gasteiger partial charge in [0.15, 0.2) is 0 Å². The minimum Gasteiger partial charge on any atom is -0.445 e. The molecule has 0 unspecified atom stereocenters. The summed E-state index contributed by atoms with van der Waals surface area (Å²) in [5.41, 5.74) is 1.02. The van der Waals surface area contributed by atoms with E-state index in [1.165, 1.54) is 19.3 Å². The maximum Gasteiger partial charge on any atom is 0.407 e. The molecule has 134 valence electrons. The van der Waals surface area contributed by atoms with Gasteiger partial charge < -0.3 is 19.7 Å². The zero-order valence-electron chi connectivity index (χ0n) is 14.7. The Morgan fingerprint density at radius 1 is 1.17 bits per heavy atom. The van der Waals surface area contributed by atoms with Gasteiger partial charge in [-0.1, -0.05) is 49.6 Å². The first-order valence-electron chi connectivity index (χ1n) is 8.97. The Kier molecular flexibility index (Phi) is 8.63. The van der Waals surface area contributed by atoms with E-state index in [1.807, 2.05) is 30.3 Å². The van der Waals surface area contributed by atoms with Gasteiger partial charge in [-0.3, -0.25) is 0 Å².